The van der Waals surface area contributed by atoms with Gasteiger partial charge in [-0.05, 0) is 49.4 Å². The minimum Gasteiger partial charge on any atom is -0.468 e. The fraction of sp³-hybridized carbons (Fsp3) is 0.333. The van der Waals surface area contributed by atoms with Crippen molar-refractivity contribution in [3.8, 4) is 17.0 Å². The molecule has 3 aromatic rings. The molecule has 0 aliphatic heterocycles. The number of aromatic nitrogens is 1. The van der Waals surface area contributed by atoms with E-state index >= 15 is 0 Å². The van der Waals surface area contributed by atoms with E-state index in [0.717, 1.165) is 6.04 Å². The van der Waals surface area contributed by atoms with Gasteiger partial charge < -0.3 is 24.1 Å². The Morgan fingerprint density at radius 3 is 2.34 bits per heavy atom. The Kier molecular flexibility index (Phi) is 9.07. The second kappa shape index (κ2) is 12.1. The molecule has 0 atom stereocenters. The molecule has 0 saturated heterocycles. The van der Waals surface area contributed by atoms with Crippen LogP contribution in [-0.2, 0) is 16.5 Å². The second-order valence-electron chi connectivity index (χ2n) is 10.0. The van der Waals surface area contributed by atoms with Crippen LogP contribution < -0.4 is 10.1 Å². The predicted octanol–water partition coefficient (Wildman–Crippen LogP) is 5.64. The van der Waals surface area contributed by atoms with Crippen LogP contribution in [0, 0.1) is 17.0 Å². The lowest BCUT2D eigenvalue weighted by atomic mass is 10.0. The molecule has 0 bridgehead atoms. The average molecular weight is 540 g/mol. The van der Waals surface area contributed by atoms with Crippen molar-refractivity contribution in [2.24, 2.45) is 7.05 Å². The van der Waals surface area contributed by atoms with E-state index in [9.17, 15) is 19.7 Å². The Balaban J connectivity index is 1.75. The number of methoxy groups -OCH3 is 1. The summed E-state index contributed by atoms with van der Waals surface area (Å²) in [5.41, 5.74) is 2.29. The summed E-state index contributed by atoms with van der Waals surface area (Å²) in [4.78, 5) is 36.3. The first-order valence-electron chi connectivity index (χ1n) is 12.1. The van der Waals surface area contributed by atoms with Crippen molar-refractivity contribution in [2.75, 3.05) is 25.8 Å². The van der Waals surface area contributed by atoms with Crippen molar-refractivity contribution in [2.45, 2.75) is 32.6 Å². The molecule has 38 heavy (non-hydrogen) atoms. The van der Waals surface area contributed by atoms with Gasteiger partial charge in [0.15, 0.2) is 6.79 Å². The molecule has 1 heterocycles. The van der Waals surface area contributed by atoms with Gasteiger partial charge in [-0.1, -0.05) is 19.6 Å². The first-order chi connectivity index (χ1) is 17.9. The number of hydrogen-bond donors (Lipinski definition) is 1. The lowest BCUT2D eigenvalue weighted by Crippen LogP contribution is -2.22. The van der Waals surface area contributed by atoms with Gasteiger partial charge in [0.2, 0.25) is 0 Å². The first kappa shape index (κ1) is 28.6. The highest BCUT2D eigenvalue weighted by Gasteiger charge is 2.23. The molecule has 202 valence electrons. The highest BCUT2D eigenvalue weighted by molar-refractivity contribution is 6.76. The van der Waals surface area contributed by atoms with Crippen LogP contribution in [0.5, 0.6) is 5.75 Å². The van der Waals surface area contributed by atoms with Gasteiger partial charge in [0.25, 0.3) is 11.6 Å². The van der Waals surface area contributed by atoms with Gasteiger partial charge >= 0.3 is 5.97 Å². The summed E-state index contributed by atoms with van der Waals surface area (Å²) in [5, 5.41) is 14.2. The first-order valence-corrected chi connectivity index (χ1v) is 15.8. The van der Waals surface area contributed by atoms with Crippen LogP contribution in [0.15, 0.2) is 48.5 Å². The molecule has 0 fully saturated rings. The topological polar surface area (TPSA) is 122 Å². The number of nitro benzene ring substituents is 1. The van der Waals surface area contributed by atoms with E-state index in [1.165, 1.54) is 25.3 Å². The van der Waals surface area contributed by atoms with E-state index in [2.05, 4.69) is 25.0 Å². The molecule has 0 radical (unpaired) electrons. The molecule has 10 nitrogen and oxygen atoms in total. The highest BCUT2D eigenvalue weighted by atomic mass is 28.3. The van der Waals surface area contributed by atoms with Crippen molar-refractivity contribution in [3.63, 3.8) is 0 Å². The molecule has 0 aliphatic rings. The number of non-ortho nitro benzene ring substituents is 1. The van der Waals surface area contributed by atoms with Crippen LogP contribution in [-0.4, -0.2) is 50.0 Å². The zero-order valence-electron chi connectivity index (χ0n) is 22.5. The van der Waals surface area contributed by atoms with Gasteiger partial charge in [0, 0.05) is 56.5 Å². The summed E-state index contributed by atoms with van der Waals surface area (Å²) in [6, 6.07) is 13.5. The van der Waals surface area contributed by atoms with E-state index in [4.69, 9.17) is 14.2 Å². The number of amides is 1. The molecule has 0 aliphatic carbocycles. The molecule has 3 rings (SSSR count). The summed E-state index contributed by atoms with van der Waals surface area (Å²) in [6.45, 7) is 9.44. The lowest BCUT2D eigenvalue weighted by molar-refractivity contribution is -0.384. The molecule has 0 unspecified atom stereocenters. The van der Waals surface area contributed by atoms with E-state index in [1.807, 2.05) is 0 Å². The van der Waals surface area contributed by atoms with Crippen molar-refractivity contribution in [1.82, 2.24) is 4.57 Å². The third-order valence-corrected chi connectivity index (χ3v) is 7.80. The maximum Gasteiger partial charge on any atom is 0.338 e. The molecular weight excluding hydrogens is 506 g/mol. The van der Waals surface area contributed by atoms with Crippen molar-refractivity contribution in [3.05, 3.63) is 75.5 Å². The second-order valence-corrected chi connectivity index (χ2v) is 15.6. The standard InChI is InChI=1S/C27H33N3O7Si/c1-18-23(16-25(29(18)2)24-15-20(30(33)34)9-12-22(24)27(32)35-3)26(31)28-19-7-10-21(11-8-19)37-17-36-13-14-38(4,5)6/h7-12,15-16H,13-14,17H2,1-6H3,(H,28,31). The number of nitrogens with one attached hydrogen (secondary N) is 1. The number of nitro groups is 1. The Bertz CT molecular complexity index is 1330. The van der Waals surface area contributed by atoms with Gasteiger partial charge in [-0.2, -0.15) is 0 Å². The third kappa shape index (κ3) is 7.08. The zero-order valence-corrected chi connectivity index (χ0v) is 23.5. The fourth-order valence-electron chi connectivity index (χ4n) is 3.71. The summed E-state index contributed by atoms with van der Waals surface area (Å²) in [5.74, 6) is -0.378. The number of hydrogen-bond acceptors (Lipinski definition) is 7. The fourth-order valence-corrected chi connectivity index (χ4v) is 4.47. The average Bonchev–Trinajstić information content (AvgIpc) is 3.17. The highest BCUT2D eigenvalue weighted by Crippen LogP contribution is 2.32. The smallest absolute Gasteiger partial charge is 0.338 e. The van der Waals surface area contributed by atoms with E-state index < -0.39 is 19.0 Å². The molecule has 1 N–H and O–H groups in total. The minimum absolute atomic E-state index is 0.158. The Hall–Kier alpha value is -3.96. The number of ether oxygens (including phenoxy) is 3. The number of nitrogens with zero attached hydrogens (tertiary/aromatic N) is 2. The number of rotatable bonds is 11. The summed E-state index contributed by atoms with van der Waals surface area (Å²) in [6.07, 6.45) is 0. The van der Waals surface area contributed by atoms with Crippen molar-refractivity contribution >= 4 is 31.3 Å². The van der Waals surface area contributed by atoms with Crippen LogP contribution in [0.3, 0.4) is 0 Å². The van der Waals surface area contributed by atoms with Crippen LogP contribution in [0.2, 0.25) is 25.7 Å². The summed E-state index contributed by atoms with van der Waals surface area (Å²) < 4.78 is 17.7. The van der Waals surface area contributed by atoms with Crippen molar-refractivity contribution < 1.29 is 28.7 Å². The number of benzene rings is 2. The largest absolute Gasteiger partial charge is 0.468 e. The molecule has 11 heteroatoms. The van der Waals surface area contributed by atoms with Gasteiger partial charge in [0.1, 0.15) is 5.75 Å². The minimum atomic E-state index is -1.15. The SMILES string of the molecule is COC(=O)c1ccc([N+](=O)[O-])cc1-c1cc(C(=O)Nc2ccc(OCOCC[Si](C)(C)C)cc2)c(C)n1C. The molecule has 1 amide bonds. The van der Waals surface area contributed by atoms with Crippen LogP contribution >= 0.6 is 0 Å². The molecule has 0 saturated carbocycles. The summed E-state index contributed by atoms with van der Waals surface area (Å²) >= 11 is 0. The van der Waals surface area contributed by atoms with Crippen molar-refractivity contribution in [1.29, 1.82) is 0 Å². The monoisotopic (exact) mass is 539 g/mol. The van der Waals surface area contributed by atoms with Crippen LogP contribution in [0.1, 0.15) is 26.4 Å². The number of carbonyl (C=O) groups excluding carboxylic acids is 2. The number of anilines is 1. The quantitative estimate of drug-likeness (QED) is 0.0836. The normalized spacial score (nSPS) is 11.2. The zero-order chi connectivity index (χ0) is 28.0. The Morgan fingerprint density at radius 1 is 1.05 bits per heavy atom. The van der Waals surface area contributed by atoms with Crippen LogP contribution in [0.25, 0.3) is 11.3 Å². The maximum atomic E-state index is 13.1. The Morgan fingerprint density at radius 2 is 1.74 bits per heavy atom. The van der Waals surface area contributed by atoms with Crippen LogP contribution in [0.4, 0.5) is 11.4 Å². The van der Waals surface area contributed by atoms with Gasteiger partial charge in [-0.15, -0.1) is 0 Å². The van der Waals surface area contributed by atoms with Gasteiger partial charge in [0.05, 0.1) is 23.2 Å². The molecule has 2 aromatic carbocycles. The molecule has 1 aromatic heterocycles. The molecular formula is C27H33N3O7Si. The van der Waals surface area contributed by atoms with E-state index in [0.29, 0.717) is 40.6 Å². The summed E-state index contributed by atoms with van der Waals surface area (Å²) in [7, 11) is 1.81. The van der Waals surface area contributed by atoms with E-state index in [-0.39, 0.29) is 24.0 Å². The number of esters is 1. The van der Waals surface area contributed by atoms with Gasteiger partial charge in [-0.25, -0.2) is 4.79 Å². The van der Waals surface area contributed by atoms with E-state index in [1.54, 1.807) is 48.9 Å². The lowest BCUT2D eigenvalue weighted by Gasteiger charge is -2.15. The predicted molar refractivity (Wildman–Crippen MR) is 148 cm³/mol. The maximum absolute atomic E-state index is 13.1. The Labute approximate surface area is 222 Å². The third-order valence-electron chi connectivity index (χ3n) is 6.09. The molecule has 0 spiro atoms. The number of carbonyl (C=O) groups is 2. The van der Waals surface area contributed by atoms with Gasteiger partial charge in [-0.3, -0.25) is 14.9 Å².